The van der Waals surface area contributed by atoms with Gasteiger partial charge in [0.2, 0.25) is 0 Å². The molecule has 3 aromatic carbocycles. The van der Waals surface area contributed by atoms with Crippen LogP contribution in [0.25, 0.3) is 0 Å². The second kappa shape index (κ2) is 7.96. The van der Waals surface area contributed by atoms with Crippen molar-refractivity contribution in [3.05, 3.63) is 90.5 Å². The lowest BCUT2D eigenvalue weighted by atomic mass is 9.92. The molecule has 1 aliphatic heterocycles. The number of anilines is 1. The third kappa shape index (κ3) is 3.88. The molecular weight excluding hydrogens is 352 g/mol. The number of para-hydroxylation sites is 1. The van der Waals surface area contributed by atoms with Crippen LogP contribution in [0.5, 0.6) is 5.75 Å². The lowest BCUT2D eigenvalue weighted by molar-refractivity contribution is -0.139. The zero-order chi connectivity index (χ0) is 19.3. The first kappa shape index (κ1) is 17.8. The molecule has 1 saturated heterocycles. The first-order valence-corrected chi connectivity index (χ1v) is 9.12. The molecule has 1 aliphatic rings. The zero-order valence-corrected chi connectivity index (χ0v) is 15.2. The summed E-state index contributed by atoms with van der Waals surface area (Å²) in [7, 11) is 0. The highest BCUT2D eigenvalue weighted by Crippen LogP contribution is 2.40. The van der Waals surface area contributed by atoms with Gasteiger partial charge in [0.15, 0.2) is 6.61 Å². The number of hydrogen-bond donors (Lipinski definition) is 1. The van der Waals surface area contributed by atoms with Crippen LogP contribution in [0.15, 0.2) is 89.9 Å². The van der Waals surface area contributed by atoms with Crippen molar-refractivity contribution in [1.29, 1.82) is 0 Å². The van der Waals surface area contributed by atoms with E-state index in [2.05, 4.69) is 17.0 Å². The number of carbonyl (C=O) groups is 1. The minimum atomic E-state index is -0.992. The summed E-state index contributed by atoms with van der Waals surface area (Å²) < 4.78 is 5.24. The molecule has 0 saturated carbocycles. The highest BCUT2D eigenvalue weighted by atomic mass is 16.5. The van der Waals surface area contributed by atoms with E-state index in [0.717, 1.165) is 23.6 Å². The quantitative estimate of drug-likeness (QED) is 0.673. The summed E-state index contributed by atoms with van der Waals surface area (Å²) in [6, 6.07) is 27.9. The molecule has 5 nitrogen and oxygen atoms in total. The van der Waals surface area contributed by atoms with Gasteiger partial charge in [-0.05, 0) is 42.0 Å². The largest absolute Gasteiger partial charge is 0.482 e. The zero-order valence-electron chi connectivity index (χ0n) is 15.2. The maximum Gasteiger partial charge on any atom is 0.341 e. The van der Waals surface area contributed by atoms with Gasteiger partial charge < -0.3 is 14.7 Å². The fraction of sp³-hybridized carbons (Fsp3) is 0.130. The Balaban J connectivity index is 1.62. The molecule has 1 fully saturated rings. The van der Waals surface area contributed by atoms with Crippen LogP contribution in [0.3, 0.4) is 0 Å². The normalized spacial score (nSPS) is 17.2. The van der Waals surface area contributed by atoms with Gasteiger partial charge in [-0.25, -0.2) is 9.79 Å². The molecule has 0 spiro atoms. The van der Waals surface area contributed by atoms with Crippen molar-refractivity contribution in [1.82, 2.24) is 0 Å². The smallest absolute Gasteiger partial charge is 0.341 e. The van der Waals surface area contributed by atoms with E-state index < -0.39 is 5.97 Å². The number of amidine groups is 1. The van der Waals surface area contributed by atoms with Gasteiger partial charge in [-0.1, -0.05) is 48.5 Å². The Morgan fingerprint density at radius 2 is 1.61 bits per heavy atom. The molecule has 0 radical (unpaired) electrons. The van der Waals surface area contributed by atoms with E-state index in [-0.39, 0.29) is 12.6 Å². The van der Waals surface area contributed by atoms with Gasteiger partial charge in [0, 0.05) is 12.1 Å². The molecule has 1 unspecified atom stereocenters. The second-order valence-electron chi connectivity index (χ2n) is 6.54. The van der Waals surface area contributed by atoms with Crippen LogP contribution in [0, 0.1) is 0 Å². The lowest BCUT2D eigenvalue weighted by Crippen LogP contribution is -2.46. The standard InChI is InChI=1S/C23H20N2O3/c26-23(27)16-28-20-13-11-19(12-14-20)25-21(17-7-3-1-4-8-17)15-22(25)24-18-9-5-2-6-10-18/h1-14,21H,15-16H2,(H,26,27). The van der Waals surface area contributed by atoms with Gasteiger partial charge in [0.05, 0.1) is 11.7 Å². The maximum atomic E-state index is 10.7. The molecular formula is C23H20N2O3. The fourth-order valence-corrected chi connectivity index (χ4v) is 3.30. The van der Waals surface area contributed by atoms with E-state index >= 15 is 0 Å². The molecule has 5 heteroatoms. The Morgan fingerprint density at radius 3 is 2.25 bits per heavy atom. The van der Waals surface area contributed by atoms with Crippen LogP contribution in [0.4, 0.5) is 11.4 Å². The van der Waals surface area contributed by atoms with E-state index in [9.17, 15) is 4.79 Å². The van der Waals surface area contributed by atoms with Crippen molar-refractivity contribution in [3.63, 3.8) is 0 Å². The molecule has 1 N–H and O–H groups in total. The third-order valence-corrected chi connectivity index (χ3v) is 4.64. The summed E-state index contributed by atoms with van der Waals surface area (Å²) in [4.78, 5) is 17.7. The number of carboxylic acid groups (broad SMARTS) is 1. The third-order valence-electron chi connectivity index (χ3n) is 4.64. The first-order valence-electron chi connectivity index (χ1n) is 9.12. The molecule has 140 valence electrons. The van der Waals surface area contributed by atoms with Crippen LogP contribution in [-0.4, -0.2) is 23.5 Å². The van der Waals surface area contributed by atoms with Crippen LogP contribution in [0.1, 0.15) is 18.0 Å². The molecule has 28 heavy (non-hydrogen) atoms. The maximum absolute atomic E-state index is 10.7. The Bertz CT molecular complexity index is 970. The van der Waals surface area contributed by atoms with Crippen LogP contribution in [0.2, 0.25) is 0 Å². The summed E-state index contributed by atoms with van der Waals surface area (Å²) in [6.07, 6.45) is 0.857. The molecule has 0 aromatic heterocycles. The van der Waals surface area contributed by atoms with E-state index in [0.29, 0.717) is 5.75 Å². The number of aliphatic carboxylic acids is 1. The minimum absolute atomic E-state index is 0.217. The molecule has 4 rings (SSSR count). The van der Waals surface area contributed by atoms with E-state index in [1.807, 2.05) is 60.7 Å². The topological polar surface area (TPSA) is 62.1 Å². The highest BCUT2D eigenvalue weighted by Gasteiger charge is 2.36. The second-order valence-corrected chi connectivity index (χ2v) is 6.54. The average Bonchev–Trinajstić information content (AvgIpc) is 2.71. The van der Waals surface area contributed by atoms with Gasteiger partial charge in [-0.2, -0.15) is 0 Å². The predicted molar refractivity (Wildman–Crippen MR) is 109 cm³/mol. The van der Waals surface area contributed by atoms with E-state index in [1.54, 1.807) is 12.1 Å². The van der Waals surface area contributed by atoms with Gasteiger partial charge in [-0.15, -0.1) is 0 Å². The summed E-state index contributed by atoms with van der Waals surface area (Å²) in [6.45, 7) is -0.351. The van der Waals surface area contributed by atoms with Crippen LogP contribution >= 0.6 is 0 Å². The number of benzene rings is 3. The Morgan fingerprint density at radius 1 is 0.964 bits per heavy atom. The molecule has 3 aromatic rings. The Hall–Kier alpha value is -3.60. The minimum Gasteiger partial charge on any atom is -0.482 e. The monoisotopic (exact) mass is 372 g/mol. The Labute approximate surface area is 163 Å². The molecule has 0 aliphatic carbocycles. The lowest BCUT2D eigenvalue weighted by Gasteiger charge is -2.44. The van der Waals surface area contributed by atoms with Crippen molar-refractivity contribution >= 4 is 23.2 Å². The first-order chi connectivity index (χ1) is 13.7. The van der Waals surface area contributed by atoms with Crippen LogP contribution in [-0.2, 0) is 4.79 Å². The van der Waals surface area contributed by atoms with E-state index in [4.69, 9.17) is 14.8 Å². The van der Waals surface area contributed by atoms with E-state index in [1.165, 1.54) is 5.56 Å². The van der Waals surface area contributed by atoms with Crippen molar-refractivity contribution in [3.8, 4) is 5.75 Å². The highest BCUT2D eigenvalue weighted by molar-refractivity contribution is 6.06. The number of rotatable bonds is 6. The molecule has 0 amide bonds. The van der Waals surface area contributed by atoms with Crippen LogP contribution < -0.4 is 9.64 Å². The summed E-state index contributed by atoms with van der Waals surface area (Å²) in [5, 5.41) is 8.75. The van der Waals surface area contributed by atoms with Gasteiger partial charge in [0.1, 0.15) is 11.6 Å². The SMILES string of the molecule is O=C(O)COc1ccc(N2C(=Nc3ccccc3)CC2c2ccccc2)cc1. The van der Waals surface area contributed by atoms with Crippen molar-refractivity contribution < 1.29 is 14.6 Å². The van der Waals surface area contributed by atoms with Gasteiger partial charge in [0.25, 0.3) is 0 Å². The number of ether oxygens (including phenoxy) is 1. The van der Waals surface area contributed by atoms with Crippen molar-refractivity contribution in [2.45, 2.75) is 12.5 Å². The number of aliphatic imine (C=N–C) groups is 1. The molecule has 0 bridgehead atoms. The molecule has 1 heterocycles. The van der Waals surface area contributed by atoms with Crippen molar-refractivity contribution in [2.24, 2.45) is 4.99 Å². The predicted octanol–water partition coefficient (Wildman–Crippen LogP) is 4.83. The Kier molecular flexibility index (Phi) is 5.06. The summed E-state index contributed by atoms with van der Waals surface area (Å²) in [5.74, 6) is 0.539. The van der Waals surface area contributed by atoms with Gasteiger partial charge in [-0.3, -0.25) is 0 Å². The van der Waals surface area contributed by atoms with Gasteiger partial charge >= 0.3 is 5.97 Å². The number of carboxylic acids is 1. The number of nitrogens with zero attached hydrogens (tertiary/aromatic N) is 2. The average molecular weight is 372 g/mol. The van der Waals surface area contributed by atoms with Crippen molar-refractivity contribution in [2.75, 3.05) is 11.5 Å². The number of hydrogen-bond acceptors (Lipinski definition) is 3. The summed E-state index contributed by atoms with van der Waals surface area (Å²) >= 11 is 0. The molecule has 1 atom stereocenters. The fourth-order valence-electron chi connectivity index (χ4n) is 3.30. The summed E-state index contributed by atoms with van der Waals surface area (Å²) in [5.41, 5.74) is 3.16.